The van der Waals surface area contributed by atoms with Crippen molar-refractivity contribution in [2.75, 3.05) is 32.8 Å². The van der Waals surface area contributed by atoms with E-state index in [9.17, 15) is 0 Å². The Morgan fingerprint density at radius 2 is 1.85 bits per heavy atom. The van der Waals surface area contributed by atoms with Gasteiger partial charge >= 0.3 is 0 Å². The van der Waals surface area contributed by atoms with Crippen molar-refractivity contribution in [3.05, 3.63) is 47.3 Å². The van der Waals surface area contributed by atoms with E-state index in [0.717, 1.165) is 26.3 Å². The van der Waals surface area contributed by atoms with Crippen LogP contribution in [0.5, 0.6) is 0 Å². The predicted molar refractivity (Wildman–Crippen MR) is 85.3 cm³/mol. The van der Waals surface area contributed by atoms with Gasteiger partial charge in [0, 0.05) is 18.0 Å². The number of benzene rings is 1. The fraction of sp³-hybridized carbons (Fsp3) is 0.412. The monoisotopic (exact) mass is 287 g/mol. The Labute approximate surface area is 125 Å². The number of morpholine rings is 1. The highest BCUT2D eigenvalue weighted by atomic mass is 32.1. The summed E-state index contributed by atoms with van der Waals surface area (Å²) in [5.74, 6) is 0. The van der Waals surface area contributed by atoms with E-state index in [1.165, 1.54) is 35.4 Å². The lowest BCUT2D eigenvalue weighted by Gasteiger charge is -2.26. The largest absolute Gasteiger partial charge is 0.379 e. The lowest BCUT2D eigenvalue weighted by Crippen LogP contribution is -2.36. The van der Waals surface area contributed by atoms with E-state index in [-0.39, 0.29) is 0 Å². The Hall–Kier alpha value is -1.16. The van der Waals surface area contributed by atoms with Crippen molar-refractivity contribution in [2.24, 2.45) is 0 Å². The average Bonchev–Trinajstić information content (AvgIpc) is 3.03. The maximum atomic E-state index is 5.37. The Balaban J connectivity index is 1.48. The molecule has 2 aromatic rings. The molecule has 0 amide bonds. The number of thiophene rings is 1. The molecule has 0 radical (unpaired) electrons. The van der Waals surface area contributed by atoms with Crippen molar-refractivity contribution in [1.29, 1.82) is 0 Å². The number of aryl methyl sites for hydroxylation is 1. The van der Waals surface area contributed by atoms with E-state index in [1.807, 2.05) is 0 Å². The molecule has 0 saturated carbocycles. The summed E-state index contributed by atoms with van der Waals surface area (Å²) in [5.41, 5.74) is 2.77. The Bertz CT molecular complexity index is 500. The van der Waals surface area contributed by atoms with Crippen LogP contribution in [0.25, 0.3) is 10.4 Å². The van der Waals surface area contributed by atoms with Crippen molar-refractivity contribution >= 4 is 11.3 Å². The minimum Gasteiger partial charge on any atom is -0.379 e. The van der Waals surface area contributed by atoms with Crippen LogP contribution in [0.4, 0.5) is 0 Å². The van der Waals surface area contributed by atoms with Gasteiger partial charge in [0.15, 0.2) is 0 Å². The van der Waals surface area contributed by atoms with Gasteiger partial charge in [-0.25, -0.2) is 0 Å². The second-order valence-corrected chi connectivity index (χ2v) is 6.18. The molecule has 3 rings (SSSR count). The quantitative estimate of drug-likeness (QED) is 0.832. The summed E-state index contributed by atoms with van der Waals surface area (Å²) in [6.07, 6.45) is 2.40. The van der Waals surface area contributed by atoms with Crippen molar-refractivity contribution in [1.82, 2.24) is 4.90 Å². The van der Waals surface area contributed by atoms with Gasteiger partial charge in [0.2, 0.25) is 0 Å². The van der Waals surface area contributed by atoms with Crippen LogP contribution in [0.15, 0.2) is 41.8 Å². The third-order valence-corrected chi connectivity index (χ3v) is 4.72. The first-order chi connectivity index (χ1) is 9.92. The molecule has 1 aromatic carbocycles. The molecule has 0 atom stereocenters. The normalized spacial score (nSPS) is 16.4. The van der Waals surface area contributed by atoms with Crippen LogP contribution >= 0.6 is 11.3 Å². The number of ether oxygens (including phenoxy) is 1. The summed E-state index contributed by atoms with van der Waals surface area (Å²) < 4.78 is 5.37. The minimum atomic E-state index is 0.898. The number of hydrogen-bond acceptors (Lipinski definition) is 3. The second-order valence-electron chi connectivity index (χ2n) is 5.23. The number of rotatable bonds is 5. The third kappa shape index (κ3) is 3.69. The average molecular weight is 287 g/mol. The van der Waals surface area contributed by atoms with Gasteiger partial charge in [0.1, 0.15) is 0 Å². The molecule has 0 unspecified atom stereocenters. The van der Waals surface area contributed by atoms with E-state index in [1.54, 1.807) is 11.3 Å². The summed E-state index contributed by atoms with van der Waals surface area (Å²) in [5, 5.41) is 2.13. The molecule has 0 bridgehead atoms. The highest BCUT2D eigenvalue weighted by molar-refractivity contribution is 7.13. The van der Waals surface area contributed by atoms with Gasteiger partial charge in [-0.3, -0.25) is 4.90 Å². The molecule has 0 spiro atoms. The van der Waals surface area contributed by atoms with E-state index in [4.69, 9.17) is 4.74 Å². The second kappa shape index (κ2) is 7.02. The van der Waals surface area contributed by atoms with Gasteiger partial charge in [0.25, 0.3) is 0 Å². The van der Waals surface area contributed by atoms with E-state index in [0.29, 0.717) is 0 Å². The van der Waals surface area contributed by atoms with Crippen LogP contribution in [0.3, 0.4) is 0 Å². The van der Waals surface area contributed by atoms with Gasteiger partial charge in [0.05, 0.1) is 13.2 Å². The number of hydrogen-bond donors (Lipinski definition) is 0. The van der Waals surface area contributed by atoms with Crippen LogP contribution in [0, 0.1) is 0 Å². The Kier molecular flexibility index (Phi) is 4.85. The highest BCUT2D eigenvalue weighted by Gasteiger charge is 2.09. The maximum absolute atomic E-state index is 5.37. The molecule has 0 N–H and O–H groups in total. The fourth-order valence-electron chi connectivity index (χ4n) is 2.61. The molecule has 1 aliphatic rings. The molecule has 106 valence electrons. The van der Waals surface area contributed by atoms with Crippen molar-refractivity contribution in [3.63, 3.8) is 0 Å². The van der Waals surface area contributed by atoms with E-state index in [2.05, 4.69) is 46.7 Å². The molecule has 1 saturated heterocycles. The molecule has 1 aliphatic heterocycles. The molecular weight excluding hydrogens is 266 g/mol. The molecule has 1 aromatic heterocycles. The molecule has 2 heterocycles. The minimum absolute atomic E-state index is 0.898. The van der Waals surface area contributed by atoms with Crippen molar-refractivity contribution in [2.45, 2.75) is 12.8 Å². The number of nitrogens with zero attached hydrogens (tertiary/aromatic N) is 1. The molecule has 0 aliphatic carbocycles. The molecule has 2 nitrogen and oxygen atoms in total. The zero-order chi connectivity index (χ0) is 13.6. The fourth-order valence-corrected chi connectivity index (χ4v) is 3.34. The molecular formula is C17H21NOS. The smallest absolute Gasteiger partial charge is 0.0594 e. The molecule has 20 heavy (non-hydrogen) atoms. The first kappa shape index (κ1) is 13.8. The van der Waals surface area contributed by atoms with Crippen LogP contribution in [0.1, 0.15) is 12.0 Å². The van der Waals surface area contributed by atoms with Gasteiger partial charge < -0.3 is 4.74 Å². The first-order valence-corrected chi connectivity index (χ1v) is 8.23. The van der Waals surface area contributed by atoms with Crippen LogP contribution in [-0.2, 0) is 11.2 Å². The summed E-state index contributed by atoms with van der Waals surface area (Å²) in [6.45, 7) is 5.18. The lowest BCUT2D eigenvalue weighted by molar-refractivity contribution is 0.0375. The zero-order valence-electron chi connectivity index (χ0n) is 11.8. The van der Waals surface area contributed by atoms with Crippen LogP contribution in [-0.4, -0.2) is 37.7 Å². The van der Waals surface area contributed by atoms with Gasteiger partial charge in [-0.2, -0.15) is 0 Å². The SMILES string of the molecule is c1csc(-c2ccc(CCCN3CCOCC3)cc2)c1. The van der Waals surface area contributed by atoms with Crippen LogP contribution < -0.4 is 0 Å². The van der Waals surface area contributed by atoms with Crippen molar-refractivity contribution in [3.8, 4) is 10.4 Å². The zero-order valence-corrected chi connectivity index (χ0v) is 12.6. The summed E-state index contributed by atoms with van der Waals surface area (Å²) >= 11 is 1.80. The van der Waals surface area contributed by atoms with Gasteiger partial charge in [-0.05, 0) is 42.0 Å². The van der Waals surface area contributed by atoms with E-state index >= 15 is 0 Å². The first-order valence-electron chi connectivity index (χ1n) is 7.35. The van der Waals surface area contributed by atoms with Gasteiger partial charge in [-0.15, -0.1) is 11.3 Å². The Morgan fingerprint density at radius 3 is 2.55 bits per heavy atom. The van der Waals surface area contributed by atoms with E-state index < -0.39 is 0 Å². The lowest BCUT2D eigenvalue weighted by atomic mass is 10.1. The predicted octanol–water partition coefficient (Wildman–Crippen LogP) is 3.68. The summed E-state index contributed by atoms with van der Waals surface area (Å²) in [4.78, 5) is 3.86. The molecule has 3 heteroatoms. The topological polar surface area (TPSA) is 12.5 Å². The molecule has 1 fully saturated rings. The highest BCUT2D eigenvalue weighted by Crippen LogP contribution is 2.24. The summed E-state index contributed by atoms with van der Waals surface area (Å²) in [6, 6.07) is 13.3. The van der Waals surface area contributed by atoms with Crippen molar-refractivity contribution < 1.29 is 4.74 Å². The Morgan fingerprint density at radius 1 is 1.05 bits per heavy atom. The summed E-state index contributed by atoms with van der Waals surface area (Å²) in [7, 11) is 0. The maximum Gasteiger partial charge on any atom is 0.0594 e. The standard InChI is InChI=1S/C17H21NOS/c1(9-18-10-12-19-13-11-18)3-15-5-7-16(8-6-15)17-4-2-14-20-17/h2,4-8,14H,1,3,9-13H2. The van der Waals surface area contributed by atoms with Crippen LogP contribution in [0.2, 0.25) is 0 Å². The van der Waals surface area contributed by atoms with Gasteiger partial charge in [-0.1, -0.05) is 30.3 Å². The third-order valence-electron chi connectivity index (χ3n) is 3.80.